The number of methoxy groups -OCH3 is 1. The van der Waals surface area contributed by atoms with Crippen LogP contribution < -0.4 is 4.74 Å². The second-order valence-electron chi connectivity index (χ2n) is 10.2. The van der Waals surface area contributed by atoms with E-state index < -0.39 is 0 Å². The number of fused-ring (bicyclic) bond motifs is 2. The smallest absolute Gasteiger partial charge is 0.222 e. The number of aromatic nitrogens is 5. The van der Waals surface area contributed by atoms with Crippen molar-refractivity contribution >= 4 is 28.6 Å². The maximum atomic E-state index is 5.63. The molecule has 0 aliphatic carbocycles. The molecule has 0 N–H and O–H groups in total. The van der Waals surface area contributed by atoms with Crippen LogP contribution in [0.3, 0.4) is 0 Å². The second-order valence-corrected chi connectivity index (χ2v) is 10.2. The minimum Gasteiger partial charge on any atom is -0.481 e. The lowest BCUT2D eigenvalue weighted by atomic mass is 10.0. The van der Waals surface area contributed by atoms with Gasteiger partial charge >= 0.3 is 0 Å². The van der Waals surface area contributed by atoms with Crippen LogP contribution in [0.15, 0.2) is 84.2 Å². The molecule has 0 unspecified atom stereocenters. The highest BCUT2D eigenvalue weighted by molar-refractivity contribution is 5.87. The molecular formula is C34H29N7O. The lowest BCUT2D eigenvalue weighted by Gasteiger charge is -2.11. The van der Waals surface area contributed by atoms with Gasteiger partial charge in [-0.25, -0.2) is 19.9 Å². The molecule has 0 aliphatic heterocycles. The van der Waals surface area contributed by atoms with Crippen LogP contribution in [0, 0.1) is 25.7 Å². The van der Waals surface area contributed by atoms with Crippen molar-refractivity contribution in [3.8, 4) is 40.2 Å². The fraction of sp³-hybridized carbons (Fsp3) is 0.147. The Morgan fingerprint density at radius 3 is 2.62 bits per heavy atom. The van der Waals surface area contributed by atoms with Crippen molar-refractivity contribution in [3.63, 3.8) is 0 Å². The van der Waals surface area contributed by atoms with Crippen molar-refractivity contribution in [2.45, 2.75) is 13.8 Å². The number of hydrogen-bond donors (Lipinski definition) is 0. The maximum absolute atomic E-state index is 5.63. The summed E-state index contributed by atoms with van der Waals surface area (Å²) in [5, 5.41) is 2.20. The summed E-state index contributed by atoms with van der Waals surface area (Å²) in [7, 11) is 5.45. The number of aryl methyl sites for hydroxylation is 2. The van der Waals surface area contributed by atoms with E-state index in [1.54, 1.807) is 19.6 Å². The molecule has 0 aliphatic rings. The quantitative estimate of drug-likeness (QED) is 0.143. The summed E-state index contributed by atoms with van der Waals surface area (Å²) in [4.78, 5) is 25.2. The van der Waals surface area contributed by atoms with Crippen molar-refractivity contribution in [1.82, 2.24) is 29.2 Å². The molecule has 42 heavy (non-hydrogen) atoms. The summed E-state index contributed by atoms with van der Waals surface area (Å²) >= 11 is 0. The number of aliphatic imine (C=N–C) groups is 1. The Morgan fingerprint density at radius 2 is 1.79 bits per heavy atom. The number of imidazole rings is 1. The molecule has 6 aromatic rings. The van der Waals surface area contributed by atoms with Gasteiger partial charge in [0.1, 0.15) is 17.0 Å². The molecule has 0 spiro atoms. The highest BCUT2D eigenvalue weighted by Crippen LogP contribution is 2.38. The first-order chi connectivity index (χ1) is 20.4. The standard InChI is InChI=1S/C34H29N7O/c1-22-15-18-41-31(19-22)39-32(28-7-6-16-36-34(28)42-5)33(41)27-11-13-30(37-21-40(3)4)38-29(27)12-9-24-8-10-26-23(2)35-17-14-25(26)20-24/h6-8,10-11,13-21H,1-5H3. The van der Waals surface area contributed by atoms with Gasteiger partial charge in [0.25, 0.3) is 0 Å². The molecule has 0 saturated carbocycles. The summed E-state index contributed by atoms with van der Waals surface area (Å²) in [6.45, 7) is 4.06. The molecule has 0 radical (unpaired) electrons. The Hall–Kier alpha value is -5.55. The Morgan fingerprint density at radius 1 is 0.905 bits per heavy atom. The summed E-state index contributed by atoms with van der Waals surface area (Å²) in [5.41, 5.74) is 7.54. The monoisotopic (exact) mass is 551 g/mol. The minimum absolute atomic E-state index is 0.493. The number of rotatable bonds is 5. The number of ether oxygens (including phenoxy) is 1. The van der Waals surface area contributed by atoms with Crippen LogP contribution in [0.4, 0.5) is 5.82 Å². The molecule has 0 bridgehead atoms. The number of benzene rings is 1. The molecule has 0 amide bonds. The van der Waals surface area contributed by atoms with Gasteiger partial charge in [0, 0.05) is 54.9 Å². The van der Waals surface area contributed by atoms with Gasteiger partial charge < -0.3 is 9.64 Å². The zero-order valence-electron chi connectivity index (χ0n) is 24.1. The van der Waals surface area contributed by atoms with Crippen molar-refractivity contribution in [2.24, 2.45) is 4.99 Å². The van der Waals surface area contributed by atoms with E-state index >= 15 is 0 Å². The first-order valence-electron chi connectivity index (χ1n) is 13.5. The highest BCUT2D eigenvalue weighted by atomic mass is 16.5. The van der Waals surface area contributed by atoms with Gasteiger partial charge in [-0.05, 0) is 85.3 Å². The van der Waals surface area contributed by atoms with Gasteiger partial charge in [0.15, 0.2) is 5.82 Å². The average Bonchev–Trinajstić information content (AvgIpc) is 3.37. The first kappa shape index (κ1) is 26.7. The van der Waals surface area contributed by atoms with Crippen LogP contribution in [-0.4, -0.2) is 56.8 Å². The van der Waals surface area contributed by atoms with Gasteiger partial charge in [0.2, 0.25) is 5.88 Å². The normalized spacial score (nSPS) is 11.2. The lowest BCUT2D eigenvalue weighted by molar-refractivity contribution is 0.399. The van der Waals surface area contributed by atoms with Crippen LogP contribution in [0.2, 0.25) is 0 Å². The van der Waals surface area contributed by atoms with Crippen molar-refractivity contribution < 1.29 is 4.74 Å². The predicted molar refractivity (Wildman–Crippen MR) is 167 cm³/mol. The second kappa shape index (κ2) is 11.1. The highest BCUT2D eigenvalue weighted by Gasteiger charge is 2.22. The van der Waals surface area contributed by atoms with E-state index in [2.05, 4.69) is 62.4 Å². The van der Waals surface area contributed by atoms with E-state index in [1.807, 2.05) is 74.7 Å². The molecule has 8 nitrogen and oxygen atoms in total. The fourth-order valence-corrected chi connectivity index (χ4v) is 4.85. The largest absolute Gasteiger partial charge is 0.481 e. The molecule has 206 valence electrons. The van der Waals surface area contributed by atoms with Crippen LogP contribution in [0.25, 0.3) is 38.9 Å². The number of hydrogen-bond acceptors (Lipinski definition) is 6. The van der Waals surface area contributed by atoms with E-state index in [0.717, 1.165) is 55.8 Å². The van der Waals surface area contributed by atoms with Crippen molar-refractivity contribution in [3.05, 3.63) is 102 Å². The van der Waals surface area contributed by atoms with E-state index in [1.165, 1.54) is 0 Å². The van der Waals surface area contributed by atoms with Gasteiger partial charge in [-0.15, -0.1) is 0 Å². The summed E-state index contributed by atoms with van der Waals surface area (Å²) in [5.74, 6) is 7.75. The number of nitrogens with zero attached hydrogens (tertiary/aromatic N) is 7. The van der Waals surface area contributed by atoms with E-state index in [-0.39, 0.29) is 0 Å². The molecule has 8 heteroatoms. The predicted octanol–water partition coefficient (Wildman–Crippen LogP) is 6.25. The van der Waals surface area contributed by atoms with Crippen molar-refractivity contribution in [1.29, 1.82) is 0 Å². The van der Waals surface area contributed by atoms with Gasteiger partial charge in [-0.3, -0.25) is 9.38 Å². The van der Waals surface area contributed by atoms with Crippen LogP contribution >= 0.6 is 0 Å². The van der Waals surface area contributed by atoms with Gasteiger partial charge in [-0.1, -0.05) is 12.0 Å². The topological polar surface area (TPSA) is 80.8 Å². The van der Waals surface area contributed by atoms with Crippen LogP contribution in [0.1, 0.15) is 22.5 Å². The average molecular weight is 552 g/mol. The van der Waals surface area contributed by atoms with E-state index in [9.17, 15) is 0 Å². The third-order valence-electron chi connectivity index (χ3n) is 6.85. The molecule has 1 aromatic carbocycles. The zero-order valence-corrected chi connectivity index (χ0v) is 24.1. The fourth-order valence-electron chi connectivity index (χ4n) is 4.85. The zero-order chi connectivity index (χ0) is 29.2. The van der Waals surface area contributed by atoms with Crippen LogP contribution in [0.5, 0.6) is 5.88 Å². The molecule has 0 fully saturated rings. The molecule has 0 saturated heterocycles. The first-order valence-corrected chi connectivity index (χ1v) is 13.5. The number of pyridine rings is 4. The Labute approximate surface area is 244 Å². The molecule has 6 rings (SSSR count). The Balaban J connectivity index is 1.59. The molecule has 0 atom stereocenters. The summed E-state index contributed by atoms with van der Waals surface area (Å²) in [6.07, 6.45) is 7.27. The molecule has 5 heterocycles. The third kappa shape index (κ3) is 5.16. The van der Waals surface area contributed by atoms with Gasteiger partial charge in [0.05, 0.1) is 24.7 Å². The summed E-state index contributed by atoms with van der Waals surface area (Å²) < 4.78 is 7.69. The Kier molecular flexibility index (Phi) is 7.07. The molecule has 5 aromatic heterocycles. The van der Waals surface area contributed by atoms with E-state index in [0.29, 0.717) is 17.4 Å². The van der Waals surface area contributed by atoms with E-state index in [4.69, 9.17) is 14.7 Å². The Bertz CT molecular complexity index is 2050. The maximum Gasteiger partial charge on any atom is 0.222 e. The van der Waals surface area contributed by atoms with Crippen LogP contribution in [-0.2, 0) is 0 Å². The van der Waals surface area contributed by atoms with Gasteiger partial charge in [-0.2, -0.15) is 0 Å². The third-order valence-corrected chi connectivity index (χ3v) is 6.85. The SMILES string of the molecule is COc1ncccc1-c1nc2cc(C)ccn2c1-c1ccc(N=CN(C)C)nc1C#Cc1ccc2c(C)nccc2c1. The summed E-state index contributed by atoms with van der Waals surface area (Å²) in [6, 6.07) is 20.0. The molecular weight excluding hydrogens is 522 g/mol. The van der Waals surface area contributed by atoms with Crippen molar-refractivity contribution in [2.75, 3.05) is 21.2 Å². The minimum atomic E-state index is 0.493. The lowest BCUT2D eigenvalue weighted by Crippen LogP contribution is -2.07.